The van der Waals surface area contributed by atoms with Crippen LogP contribution in [0.4, 0.5) is 0 Å². The Balaban J connectivity index is 0.000000667. The molecule has 2 aliphatic carbocycles. The SMILES string of the molecule is C1=CC[C]([Ti+2]2([CH]3C=Cc4ccccc43)[CH2][CH2]2)=C1.[Cl-].[Cl-]. The first-order chi connectivity index (χ1) is 8.40. The van der Waals surface area contributed by atoms with Crippen molar-refractivity contribution in [2.24, 2.45) is 0 Å². The molecule has 1 fully saturated rings. The number of fused-ring (bicyclic) bond motifs is 1. The fraction of sp³-hybridized carbons (Fsp3) is 0.250. The van der Waals surface area contributed by atoms with E-state index in [1.165, 1.54) is 12.0 Å². The van der Waals surface area contributed by atoms with Crippen LogP contribution in [0.1, 0.15) is 21.8 Å². The van der Waals surface area contributed by atoms with Crippen LogP contribution >= 0.6 is 0 Å². The zero-order valence-corrected chi connectivity index (χ0v) is 13.7. The third-order valence-corrected chi connectivity index (χ3v) is 12.3. The normalized spacial score (nSPS) is 22.5. The van der Waals surface area contributed by atoms with Gasteiger partial charge >= 0.3 is 106 Å². The Labute approximate surface area is 130 Å². The van der Waals surface area contributed by atoms with Crippen LogP contribution in [-0.2, 0) is 16.6 Å². The third-order valence-electron chi connectivity index (χ3n) is 4.59. The molecule has 1 aromatic rings. The Bertz CT molecular complexity index is 568. The van der Waals surface area contributed by atoms with Gasteiger partial charge in [0.1, 0.15) is 0 Å². The van der Waals surface area contributed by atoms with Gasteiger partial charge in [0, 0.05) is 0 Å². The molecule has 98 valence electrons. The maximum absolute atomic E-state index is 2.51. The van der Waals surface area contributed by atoms with E-state index in [0.29, 0.717) is 0 Å². The second-order valence-corrected chi connectivity index (χ2v) is 12.6. The van der Waals surface area contributed by atoms with E-state index in [9.17, 15) is 0 Å². The van der Waals surface area contributed by atoms with Crippen molar-refractivity contribution in [2.75, 3.05) is 0 Å². The molecule has 0 spiro atoms. The molecule has 19 heavy (non-hydrogen) atoms. The molecule has 0 aromatic heterocycles. The fourth-order valence-corrected chi connectivity index (χ4v) is 11.8. The largest absolute Gasteiger partial charge is 1.00 e. The van der Waals surface area contributed by atoms with Gasteiger partial charge in [-0.05, 0) is 0 Å². The summed E-state index contributed by atoms with van der Waals surface area (Å²) in [5.74, 6) is 0. The maximum Gasteiger partial charge on any atom is -1.00 e. The monoisotopic (exact) mass is 326 g/mol. The van der Waals surface area contributed by atoms with Crippen molar-refractivity contribution in [3.63, 3.8) is 0 Å². The van der Waals surface area contributed by atoms with Crippen LogP contribution in [0.2, 0.25) is 9.45 Å². The molecule has 0 bridgehead atoms. The van der Waals surface area contributed by atoms with Gasteiger partial charge in [-0.3, -0.25) is 0 Å². The fourth-order valence-electron chi connectivity index (χ4n) is 3.51. The van der Waals surface area contributed by atoms with Crippen LogP contribution in [0.25, 0.3) is 6.08 Å². The van der Waals surface area contributed by atoms with E-state index in [1.54, 1.807) is 15.0 Å². The average molecular weight is 327 g/mol. The molecule has 0 radical (unpaired) electrons. The molecule has 1 unspecified atom stereocenters. The van der Waals surface area contributed by atoms with Gasteiger partial charge in [-0.1, -0.05) is 0 Å². The van der Waals surface area contributed by atoms with E-state index in [1.807, 2.05) is 3.88 Å². The molecule has 0 nitrogen and oxygen atoms in total. The molecule has 3 aliphatic rings. The van der Waals surface area contributed by atoms with E-state index in [4.69, 9.17) is 0 Å². The predicted molar refractivity (Wildman–Crippen MR) is 69.7 cm³/mol. The topological polar surface area (TPSA) is 0 Å². The van der Waals surface area contributed by atoms with Crippen molar-refractivity contribution in [3.8, 4) is 0 Å². The first kappa shape index (κ1) is 15.1. The van der Waals surface area contributed by atoms with Gasteiger partial charge in [0.15, 0.2) is 0 Å². The molecule has 1 saturated heterocycles. The molecule has 0 N–H and O–H groups in total. The van der Waals surface area contributed by atoms with Gasteiger partial charge in [-0.25, -0.2) is 0 Å². The second-order valence-electron chi connectivity index (χ2n) is 5.45. The van der Waals surface area contributed by atoms with Crippen molar-refractivity contribution < 1.29 is 41.4 Å². The Kier molecular flexibility index (Phi) is 4.47. The van der Waals surface area contributed by atoms with E-state index in [2.05, 4.69) is 54.6 Å². The number of hydrogen-bond acceptors (Lipinski definition) is 0. The standard InChI is InChI=1S/C9H7.C5H5.C2H4.2ClH.Ti/c1-2-5-9-7-3-6-8(9)4-1;1-2-4-5-3-1;1-2;;;/h1-7H;1-3H,4H2;1-2H2;2*1H;/q;;;;;+2/p-2. The summed E-state index contributed by atoms with van der Waals surface area (Å²) in [6.45, 7) is 0. The van der Waals surface area contributed by atoms with E-state index >= 15 is 0 Å². The zero-order chi connectivity index (χ0) is 11.3. The van der Waals surface area contributed by atoms with Gasteiger partial charge in [0.05, 0.1) is 0 Å². The number of halogens is 2. The van der Waals surface area contributed by atoms with Crippen LogP contribution < -0.4 is 24.8 Å². The summed E-state index contributed by atoms with van der Waals surface area (Å²) in [5, 5.41) is 0. The minimum Gasteiger partial charge on any atom is -1.00 e. The quantitative estimate of drug-likeness (QED) is 0.587. The number of hydrogen-bond donors (Lipinski definition) is 0. The molecule has 3 heteroatoms. The summed E-state index contributed by atoms with van der Waals surface area (Å²) >= 11 is -1.68. The predicted octanol–water partition coefficient (Wildman–Crippen LogP) is -1.39. The summed E-state index contributed by atoms with van der Waals surface area (Å²) in [7, 11) is 0. The molecule has 0 amide bonds. The Morgan fingerprint density at radius 2 is 1.84 bits per heavy atom. The Morgan fingerprint density at radius 1 is 1.05 bits per heavy atom. The van der Waals surface area contributed by atoms with Crippen molar-refractivity contribution >= 4 is 6.08 Å². The van der Waals surface area contributed by atoms with Gasteiger partial charge < -0.3 is 24.8 Å². The van der Waals surface area contributed by atoms with Gasteiger partial charge in [0.25, 0.3) is 0 Å². The van der Waals surface area contributed by atoms with Crippen LogP contribution in [0.5, 0.6) is 0 Å². The van der Waals surface area contributed by atoms with E-state index < -0.39 is 16.6 Å². The summed E-state index contributed by atoms with van der Waals surface area (Å²) in [6, 6.07) is 8.99. The summed E-state index contributed by atoms with van der Waals surface area (Å²) in [4.78, 5) is 0. The average Bonchev–Trinajstić information content (AvgIpc) is 2.85. The molecule has 4 rings (SSSR count). The molecule has 1 atom stereocenters. The molecule has 0 saturated carbocycles. The molecule has 1 aliphatic heterocycles. The van der Waals surface area contributed by atoms with Crippen molar-refractivity contribution in [3.05, 3.63) is 63.6 Å². The molecular formula is C16H16Cl2Ti. The van der Waals surface area contributed by atoms with Crippen molar-refractivity contribution in [2.45, 2.75) is 20.1 Å². The zero-order valence-electron chi connectivity index (χ0n) is 10.7. The van der Waals surface area contributed by atoms with E-state index in [0.717, 1.165) is 4.22 Å². The first-order valence-corrected chi connectivity index (χ1v) is 10.4. The summed E-state index contributed by atoms with van der Waals surface area (Å²) in [5.41, 5.74) is 3.10. The number of allylic oxidation sites excluding steroid dienone is 5. The minimum atomic E-state index is -1.68. The first-order valence-electron chi connectivity index (χ1n) is 6.53. The second kappa shape index (κ2) is 5.62. The summed E-state index contributed by atoms with van der Waals surface area (Å²) < 4.78 is 5.77. The molecule has 1 heterocycles. The molecule has 1 aromatic carbocycles. The van der Waals surface area contributed by atoms with Crippen LogP contribution in [-0.4, -0.2) is 0 Å². The van der Waals surface area contributed by atoms with Crippen molar-refractivity contribution in [1.29, 1.82) is 0 Å². The Hall–Kier alpha value is -0.266. The van der Waals surface area contributed by atoms with Gasteiger partial charge in [-0.15, -0.1) is 0 Å². The molecular weight excluding hydrogens is 311 g/mol. The van der Waals surface area contributed by atoms with Crippen LogP contribution in [0.15, 0.2) is 52.4 Å². The third kappa shape index (κ3) is 2.30. The number of rotatable bonds is 2. The smallest absolute Gasteiger partial charge is 1.00 e. The van der Waals surface area contributed by atoms with E-state index in [-0.39, 0.29) is 24.8 Å². The van der Waals surface area contributed by atoms with Gasteiger partial charge in [-0.2, -0.15) is 0 Å². The van der Waals surface area contributed by atoms with Crippen LogP contribution in [0.3, 0.4) is 0 Å². The maximum atomic E-state index is 2.51. The van der Waals surface area contributed by atoms with Crippen molar-refractivity contribution in [1.82, 2.24) is 0 Å². The summed E-state index contributed by atoms with van der Waals surface area (Å²) in [6.07, 6.45) is 13.2. The minimum absolute atomic E-state index is 0. The van der Waals surface area contributed by atoms with Gasteiger partial charge in [0.2, 0.25) is 0 Å². The van der Waals surface area contributed by atoms with Crippen LogP contribution in [0, 0.1) is 0 Å². The number of benzene rings is 1. The Morgan fingerprint density at radius 3 is 2.53 bits per heavy atom.